The summed E-state index contributed by atoms with van der Waals surface area (Å²) >= 11 is 0. The van der Waals surface area contributed by atoms with Gasteiger partial charge in [-0.25, -0.2) is 4.79 Å². The summed E-state index contributed by atoms with van der Waals surface area (Å²) in [5, 5.41) is 16.0. The van der Waals surface area contributed by atoms with E-state index < -0.39 is 0 Å². The van der Waals surface area contributed by atoms with Crippen molar-refractivity contribution in [3.05, 3.63) is 0 Å². The quantitative estimate of drug-likeness (QED) is 0.668. The van der Waals surface area contributed by atoms with E-state index in [4.69, 9.17) is 0 Å². The van der Waals surface area contributed by atoms with Crippen LogP contribution in [-0.4, -0.2) is 79.9 Å². The number of carbonyl (C=O) groups excluding carboxylic acids is 1. The third-order valence-corrected chi connectivity index (χ3v) is 6.38. The fourth-order valence-electron chi connectivity index (χ4n) is 4.92. The first-order chi connectivity index (χ1) is 11.6. The van der Waals surface area contributed by atoms with Gasteiger partial charge in [0.2, 0.25) is 0 Å². The second kappa shape index (κ2) is 8.02. The first-order valence-electron chi connectivity index (χ1n) is 9.61. The lowest BCUT2D eigenvalue weighted by Crippen LogP contribution is -2.53. The van der Waals surface area contributed by atoms with Crippen molar-refractivity contribution in [2.24, 2.45) is 17.8 Å². The van der Waals surface area contributed by atoms with Gasteiger partial charge in [0, 0.05) is 50.8 Å². The number of nitrogens with zero attached hydrogens (tertiary/aromatic N) is 2. The SMILES string of the molecule is CN(C)CCN1CCC(NC(=O)NC2C3CCC(C3)C2CO)CC1. The predicted molar refractivity (Wildman–Crippen MR) is 94.9 cm³/mol. The molecule has 3 N–H and O–H groups in total. The third-order valence-electron chi connectivity index (χ3n) is 6.38. The molecule has 0 aromatic carbocycles. The Bertz CT molecular complexity index is 423. The maximum absolute atomic E-state index is 12.4. The van der Waals surface area contributed by atoms with E-state index in [9.17, 15) is 9.90 Å². The van der Waals surface area contributed by atoms with Crippen LogP contribution in [-0.2, 0) is 0 Å². The summed E-state index contributed by atoms with van der Waals surface area (Å²) in [5.74, 6) is 1.46. The number of hydrogen-bond donors (Lipinski definition) is 3. The molecular weight excluding hydrogens is 304 g/mol. The van der Waals surface area contributed by atoms with Crippen LogP contribution in [0, 0.1) is 17.8 Å². The number of carbonyl (C=O) groups is 1. The smallest absolute Gasteiger partial charge is 0.315 e. The highest BCUT2D eigenvalue weighted by Crippen LogP contribution is 2.48. The molecule has 3 fully saturated rings. The molecule has 0 radical (unpaired) electrons. The first kappa shape index (κ1) is 18.0. The molecule has 4 unspecified atom stereocenters. The number of aliphatic hydroxyl groups excluding tert-OH is 1. The van der Waals surface area contributed by atoms with E-state index in [0.717, 1.165) is 39.0 Å². The largest absolute Gasteiger partial charge is 0.396 e. The number of likely N-dealkylation sites (N-methyl/N-ethyl adjacent to an activating group) is 1. The topological polar surface area (TPSA) is 67.8 Å². The van der Waals surface area contributed by atoms with E-state index in [-0.39, 0.29) is 30.6 Å². The Kier molecular flexibility index (Phi) is 6.00. The van der Waals surface area contributed by atoms with Gasteiger partial charge in [-0.2, -0.15) is 0 Å². The van der Waals surface area contributed by atoms with Crippen molar-refractivity contribution in [2.75, 3.05) is 46.9 Å². The highest BCUT2D eigenvalue weighted by atomic mass is 16.3. The molecule has 1 aliphatic heterocycles. The van der Waals surface area contributed by atoms with Crippen molar-refractivity contribution in [1.82, 2.24) is 20.4 Å². The van der Waals surface area contributed by atoms with Gasteiger partial charge in [0.25, 0.3) is 0 Å². The molecule has 2 amide bonds. The fourth-order valence-corrected chi connectivity index (χ4v) is 4.92. The highest BCUT2D eigenvalue weighted by Gasteiger charge is 2.47. The number of nitrogens with one attached hydrogen (secondary N) is 2. The van der Waals surface area contributed by atoms with Crippen LogP contribution >= 0.6 is 0 Å². The van der Waals surface area contributed by atoms with Gasteiger partial charge in [0.15, 0.2) is 0 Å². The maximum Gasteiger partial charge on any atom is 0.315 e. The Morgan fingerprint density at radius 1 is 1.12 bits per heavy atom. The Balaban J connectivity index is 1.39. The zero-order chi connectivity index (χ0) is 17.1. The first-order valence-corrected chi connectivity index (χ1v) is 9.61. The number of rotatable bonds is 6. The number of amides is 2. The summed E-state index contributed by atoms with van der Waals surface area (Å²) in [7, 11) is 4.21. The number of aliphatic hydroxyl groups is 1. The zero-order valence-corrected chi connectivity index (χ0v) is 15.2. The van der Waals surface area contributed by atoms with Crippen molar-refractivity contribution in [2.45, 2.75) is 44.2 Å². The van der Waals surface area contributed by atoms with Crippen molar-refractivity contribution in [3.8, 4) is 0 Å². The second-order valence-electron chi connectivity index (χ2n) is 8.24. The van der Waals surface area contributed by atoms with Crippen LogP contribution < -0.4 is 10.6 Å². The molecule has 6 heteroatoms. The van der Waals surface area contributed by atoms with E-state index in [1.165, 1.54) is 19.3 Å². The molecule has 6 nitrogen and oxygen atoms in total. The van der Waals surface area contributed by atoms with E-state index >= 15 is 0 Å². The lowest BCUT2D eigenvalue weighted by atomic mass is 9.85. The van der Waals surface area contributed by atoms with Gasteiger partial charge in [-0.3, -0.25) is 0 Å². The van der Waals surface area contributed by atoms with Crippen LogP contribution in [0.4, 0.5) is 4.79 Å². The number of urea groups is 1. The number of hydrogen-bond acceptors (Lipinski definition) is 4. The van der Waals surface area contributed by atoms with Crippen molar-refractivity contribution < 1.29 is 9.90 Å². The highest BCUT2D eigenvalue weighted by molar-refractivity contribution is 5.74. The summed E-state index contributed by atoms with van der Waals surface area (Å²) in [5.41, 5.74) is 0. The summed E-state index contributed by atoms with van der Waals surface area (Å²) in [6, 6.07) is 0.429. The molecule has 3 aliphatic rings. The van der Waals surface area contributed by atoms with Crippen LogP contribution in [0.3, 0.4) is 0 Å². The Morgan fingerprint density at radius 2 is 1.83 bits per heavy atom. The van der Waals surface area contributed by atoms with Gasteiger partial charge in [0.05, 0.1) is 0 Å². The van der Waals surface area contributed by atoms with E-state index in [1.54, 1.807) is 0 Å². The summed E-state index contributed by atoms with van der Waals surface area (Å²) < 4.78 is 0. The van der Waals surface area contributed by atoms with E-state index in [0.29, 0.717) is 11.8 Å². The van der Waals surface area contributed by atoms with Crippen molar-refractivity contribution in [3.63, 3.8) is 0 Å². The number of piperidine rings is 1. The normalized spacial score (nSPS) is 34.0. The van der Waals surface area contributed by atoms with Gasteiger partial charge >= 0.3 is 6.03 Å². The molecule has 138 valence electrons. The van der Waals surface area contributed by atoms with Crippen molar-refractivity contribution >= 4 is 6.03 Å². The Hall–Kier alpha value is -0.850. The molecule has 2 aliphatic carbocycles. The molecule has 4 atom stereocenters. The summed E-state index contributed by atoms with van der Waals surface area (Å²) in [6.45, 7) is 4.52. The predicted octanol–water partition coefficient (Wildman–Crippen LogP) is 0.719. The molecule has 0 aromatic rings. The minimum Gasteiger partial charge on any atom is -0.396 e. The van der Waals surface area contributed by atoms with E-state index in [2.05, 4.69) is 34.5 Å². The molecule has 1 heterocycles. The van der Waals surface area contributed by atoms with Gasteiger partial charge in [-0.05, 0) is 58.0 Å². The molecule has 2 saturated carbocycles. The monoisotopic (exact) mass is 338 g/mol. The maximum atomic E-state index is 12.4. The molecule has 0 spiro atoms. The zero-order valence-electron chi connectivity index (χ0n) is 15.2. The minimum absolute atomic E-state index is 0.0299. The molecule has 2 bridgehead atoms. The molecule has 3 rings (SSSR count). The fraction of sp³-hybridized carbons (Fsp3) is 0.944. The second-order valence-corrected chi connectivity index (χ2v) is 8.24. The van der Waals surface area contributed by atoms with Gasteiger partial charge in [0.1, 0.15) is 0 Å². The summed E-state index contributed by atoms with van der Waals surface area (Å²) in [4.78, 5) is 17.1. The molecular formula is C18H34N4O2. The van der Waals surface area contributed by atoms with Crippen LogP contribution in [0.2, 0.25) is 0 Å². The van der Waals surface area contributed by atoms with Crippen LogP contribution in [0.15, 0.2) is 0 Å². The van der Waals surface area contributed by atoms with Crippen molar-refractivity contribution in [1.29, 1.82) is 0 Å². The van der Waals surface area contributed by atoms with Gasteiger partial charge in [-0.15, -0.1) is 0 Å². The molecule has 0 aromatic heterocycles. The standard InChI is InChI=1S/C18H34N4O2/c1-21(2)9-10-22-7-5-15(6-8-22)19-18(24)20-17-14-4-3-13(11-14)16(17)12-23/h13-17,23H,3-12H2,1-2H3,(H2,19,20,24). The Labute approximate surface area is 146 Å². The lowest BCUT2D eigenvalue weighted by molar-refractivity contribution is 0.141. The van der Waals surface area contributed by atoms with Crippen LogP contribution in [0.1, 0.15) is 32.1 Å². The summed E-state index contributed by atoms with van der Waals surface area (Å²) in [6.07, 6.45) is 5.67. The molecule has 24 heavy (non-hydrogen) atoms. The average molecular weight is 338 g/mol. The van der Waals surface area contributed by atoms with Gasteiger partial charge in [-0.1, -0.05) is 0 Å². The Morgan fingerprint density at radius 3 is 2.50 bits per heavy atom. The molecule has 1 saturated heterocycles. The van der Waals surface area contributed by atoms with Crippen LogP contribution in [0.5, 0.6) is 0 Å². The van der Waals surface area contributed by atoms with E-state index in [1.807, 2.05) is 0 Å². The minimum atomic E-state index is -0.0299. The number of likely N-dealkylation sites (tertiary alicyclic amines) is 1. The lowest BCUT2D eigenvalue weighted by Gasteiger charge is -2.34. The average Bonchev–Trinajstić information content (AvgIpc) is 3.15. The number of fused-ring (bicyclic) bond motifs is 2. The van der Waals surface area contributed by atoms with Crippen LogP contribution in [0.25, 0.3) is 0 Å². The van der Waals surface area contributed by atoms with Gasteiger partial charge < -0.3 is 25.5 Å². The third kappa shape index (κ3) is 4.21.